The van der Waals surface area contributed by atoms with Crippen LogP contribution in [-0.2, 0) is 12.0 Å². The molecule has 22 heavy (non-hydrogen) atoms. The van der Waals surface area contributed by atoms with E-state index < -0.39 is 0 Å². The molecule has 3 rings (SSSR count). The Hall–Kier alpha value is -1.23. The first-order valence-electron chi connectivity index (χ1n) is 7.91. The summed E-state index contributed by atoms with van der Waals surface area (Å²) in [5.74, 6) is 0.441. The van der Waals surface area contributed by atoms with Gasteiger partial charge in [0.05, 0.1) is 5.01 Å². The van der Waals surface area contributed by atoms with Crippen molar-refractivity contribution in [2.75, 3.05) is 13.1 Å². The molecule has 2 atom stereocenters. The standard InChI is InChI=1S/C18H25N3S/c1-18(2,3)17-20-9-14(22-17)10-21-11-15(16(19)12-21)13-7-5-4-6-8-13/h4-9,15-16H,10-12,19H2,1-3H3/t15-,16+/m0/s1. The first-order chi connectivity index (χ1) is 10.4. The third kappa shape index (κ3) is 3.40. The van der Waals surface area contributed by atoms with Crippen molar-refractivity contribution in [2.45, 2.75) is 44.7 Å². The van der Waals surface area contributed by atoms with E-state index in [4.69, 9.17) is 5.73 Å². The second kappa shape index (κ2) is 6.11. The van der Waals surface area contributed by atoms with E-state index in [0.29, 0.717) is 5.92 Å². The molecule has 1 saturated heterocycles. The van der Waals surface area contributed by atoms with Gasteiger partial charge in [-0.15, -0.1) is 11.3 Å². The number of hydrogen-bond acceptors (Lipinski definition) is 4. The molecule has 2 aromatic rings. The van der Waals surface area contributed by atoms with Crippen LogP contribution in [0.1, 0.15) is 42.1 Å². The van der Waals surface area contributed by atoms with Gasteiger partial charge in [-0.2, -0.15) is 0 Å². The second-order valence-corrected chi connectivity index (χ2v) is 8.37. The van der Waals surface area contributed by atoms with Crippen molar-refractivity contribution in [1.29, 1.82) is 0 Å². The molecule has 118 valence electrons. The molecule has 2 N–H and O–H groups in total. The zero-order chi connectivity index (χ0) is 15.7. The summed E-state index contributed by atoms with van der Waals surface area (Å²) in [4.78, 5) is 8.39. The van der Waals surface area contributed by atoms with Crippen molar-refractivity contribution >= 4 is 11.3 Å². The van der Waals surface area contributed by atoms with Crippen LogP contribution in [0.2, 0.25) is 0 Å². The molecule has 0 amide bonds. The van der Waals surface area contributed by atoms with Gasteiger partial charge in [0.25, 0.3) is 0 Å². The summed E-state index contributed by atoms with van der Waals surface area (Å²) in [6.45, 7) is 9.60. The van der Waals surface area contributed by atoms with Crippen LogP contribution in [-0.4, -0.2) is 29.0 Å². The highest BCUT2D eigenvalue weighted by molar-refractivity contribution is 7.11. The number of hydrogen-bond donors (Lipinski definition) is 1. The summed E-state index contributed by atoms with van der Waals surface area (Å²) in [6.07, 6.45) is 2.03. The lowest BCUT2D eigenvalue weighted by Crippen LogP contribution is -2.28. The largest absolute Gasteiger partial charge is 0.326 e. The molecule has 0 spiro atoms. The molecular formula is C18H25N3S. The van der Waals surface area contributed by atoms with E-state index in [1.54, 1.807) is 0 Å². The number of likely N-dealkylation sites (tertiary alicyclic amines) is 1. The van der Waals surface area contributed by atoms with Crippen LogP contribution in [0.5, 0.6) is 0 Å². The Balaban J connectivity index is 1.66. The maximum atomic E-state index is 6.38. The lowest BCUT2D eigenvalue weighted by atomic mass is 9.95. The van der Waals surface area contributed by atoms with Gasteiger partial charge in [0.1, 0.15) is 0 Å². The number of aromatic nitrogens is 1. The first kappa shape index (κ1) is 15.7. The van der Waals surface area contributed by atoms with E-state index in [1.165, 1.54) is 15.4 Å². The molecule has 1 aromatic heterocycles. The molecule has 0 aliphatic carbocycles. The van der Waals surface area contributed by atoms with Crippen molar-refractivity contribution in [3.05, 3.63) is 52.0 Å². The number of benzene rings is 1. The van der Waals surface area contributed by atoms with E-state index in [1.807, 2.05) is 17.5 Å². The lowest BCUT2D eigenvalue weighted by molar-refractivity contribution is 0.326. The van der Waals surface area contributed by atoms with Crippen molar-refractivity contribution in [3.63, 3.8) is 0 Å². The summed E-state index contributed by atoms with van der Waals surface area (Å²) in [5.41, 5.74) is 7.87. The zero-order valence-electron chi connectivity index (χ0n) is 13.6. The maximum Gasteiger partial charge on any atom is 0.0981 e. The normalized spacial score (nSPS) is 23.1. The molecule has 1 aliphatic rings. The van der Waals surface area contributed by atoms with Crippen LogP contribution in [0.3, 0.4) is 0 Å². The van der Waals surface area contributed by atoms with Crippen LogP contribution in [0.4, 0.5) is 0 Å². The predicted octanol–water partition coefficient (Wildman–Crippen LogP) is 3.37. The highest BCUT2D eigenvalue weighted by Gasteiger charge is 2.31. The van der Waals surface area contributed by atoms with Gasteiger partial charge >= 0.3 is 0 Å². The fourth-order valence-corrected chi connectivity index (χ4v) is 4.06. The van der Waals surface area contributed by atoms with Gasteiger partial charge in [-0.05, 0) is 5.56 Å². The summed E-state index contributed by atoms with van der Waals surface area (Å²) in [7, 11) is 0. The minimum absolute atomic E-state index is 0.136. The van der Waals surface area contributed by atoms with Crippen molar-refractivity contribution in [2.24, 2.45) is 5.73 Å². The third-order valence-corrected chi connectivity index (χ3v) is 5.65. The lowest BCUT2D eigenvalue weighted by Gasteiger charge is -2.15. The van der Waals surface area contributed by atoms with E-state index in [2.05, 4.69) is 61.0 Å². The van der Waals surface area contributed by atoms with Crippen LogP contribution in [0.15, 0.2) is 36.5 Å². The van der Waals surface area contributed by atoms with Gasteiger partial charge in [-0.25, -0.2) is 4.98 Å². The molecule has 0 unspecified atom stereocenters. The molecule has 2 heterocycles. The Bertz CT molecular complexity index is 615. The van der Waals surface area contributed by atoms with Crippen LogP contribution in [0.25, 0.3) is 0 Å². The number of nitrogens with two attached hydrogens (primary N) is 1. The Kier molecular flexibility index (Phi) is 4.35. The minimum Gasteiger partial charge on any atom is -0.326 e. The molecule has 0 bridgehead atoms. The van der Waals surface area contributed by atoms with E-state index >= 15 is 0 Å². The molecule has 0 saturated carbocycles. The monoisotopic (exact) mass is 315 g/mol. The number of nitrogens with zero attached hydrogens (tertiary/aromatic N) is 2. The van der Waals surface area contributed by atoms with Gasteiger partial charge in [0.2, 0.25) is 0 Å². The Morgan fingerprint density at radius 3 is 2.59 bits per heavy atom. The third-order valence-electron chi connectivity index (χ3n) is 4.24. The van der Waals surface area contributed by atoms with E-state index in [0.717, 1.165) is 19.6 Å². The average molecular weight is 315 g/mol. The van der Waals surface area contributed by atoms with Gasteiger partial charge in [0, 0.05) is 48.1 Å². The second-order valence-electron chi connectivity index (χ2n) is 7.26. The van der Waals surface area contributed by atoms with E-state index in [9.17, 15) is 0 Å². The zero-order valence-corrected chi connectivity index (χ0v) is 14.4. The number of thiazole rings is 1. The van der Waals surface area contributed by atoms with Crippen molar-refractivity contribution in [1.82, 2.24) is 9.88 Å². The Labute approximate surface area is 137 Å². The molecular weight excluding hydrogens is 290 g/mol. The molecule has 1 aliphatic heterocycles. The van der Waals surface area contributed by atoms with Crippen LogP contribution < -0.4 is 5.73 Å². The Morgan fingerprint density at radius 2 is 1.95 bits per heavy atom. The molecule has 1 fully saturated rings. The summed E-state index contributed by atoms with van der Waals surface area (Å²) >= 11 is 1.83. The van der Waals surface area contributed by atoms with Crippen molar-refractivity contribution < 1.29 is 0 Å². The Morgan fingerprint density at radius 1 is 1.23 bits per heavy atom. The SMILES string of the molecule is CC(C)(C)c1ncc(CN2C[C@@H](N)[C@H](c3ccccc3)C2)s1. The summed E-state index contributed by atoms with van der Waals surface area (Å²) in [6, 6.07) is 10.9. The minimum atomic E-state index is 0.136. The smallest absolute Gasteiger partial charge is 0.0981 e. The first-order valence-corrected chi connectivity index (χ1v) is 8.73. The fourth-order valence-electron chi connectivity index (χ4n) is 3.04. The predicted molar refractivity (Wildman–Crippen MR) is 93.2 cm³/mol. The van der Waals surface area contributed by atoms with Crippen molar-refractivity contribution in [3.8, 4) is 0 Å². The molecule has 3 nitrogen and oxygen atoms in total. The summed E-state index contributed by atoms with van der Waals surface area (Å²) in [5, 5.41) is 1.21. The van der Waals surface area contributed by atoms with Gasteiger partial charge in [-0.1, -0.05) is 51.1 Å². The maximum absolute atomic E-state index is 6.38. The average Bonchev–Trinajstić information content (AvgIpc) is 3.07. The van der Waals surface area contributed by atoms with Gasteiger partial charge < -0.3 is 5.73 Å². The fraction of sp³-hybridized carbons (Fsp3) is 0.500. The van der Waals surface area contributed by atoms with E-state index in [-0.39, 0.29) is 11.5 Å². The van der Waals surface area contributed by atoms with Gasteiger partial charge in [0.15, 0.2) is 0 Å². The van der Waals surface area contributed by atoms with Gasteiger partial charge in [-0.3, -0.25) is 4.90 Å². The van der Waals surface area contributed by atoms with Crippen LogP contribution in [0, 0.1) is 0 Å². The number of rotatable bonds is 3. The highest BCUT2D eigenvalue weighted by Crippen LogP contribution is 2.30. The summed E-state index contributed by atoms with van der Waals surface area (Å²) < 4.78 is 0. The quantitative estimate of drug-likeness (QED) is 0.944. The van der Waals surface area contributed by atoms with Crippen LogP contribution >= 0.6 is 11.3 Å². The molecule has 4 heteroatoms. The topological polar surface area (TPSA) is 42.2 Å². The molecule has 0 radical (unpaired) electrons. The highest BCUT2D eigenvalue weighted by atomic mass is 32.1. The molecule has 1 aromatic carbocycles.